The van der Waals surface area contributed by atoms with Crippen LogP contribution in [0.3, 0.4) is 0 Å². The highest BCUT2D eigenvalue weighted by Gasteiger charge is 2.16. The molecule has 0 saturated heterocycles. The Bertz CT molecular complexity index is 456. The summed E-state index contributed by atoms with van der Waals surface area (Å²) in [6.45, 7) is 7.59. The molecule has 1 aromatic carbocycles. The molecule has 0 heterocycles. The molecule has 0 aliphatic rings. The Hall–Kier alpha value is -1.29. The molecule has 0 aliphatic carbocycles. The van der Waals surface area contributed by atoms with Gasteiger partial charge in [0, 0.05) is 16.5 Å². The van der Waals surface area contributed by atoms with Crippen molar-refractivity contribution in [3.8, 4) is 0 Å². The van der Waals surface area contributed by atoms with Crippen molar-refractivity contribution < 1.29 is 9.59 Å². The Morgan fingerprint density at radius 2 is 1.80 bits per heavy atom. The second-order valence-electron chi connectivity index (χ2n) is 5.04. The number of carbonyl (C=O) groups excluding carboxylic acids is 2. The maximum Gasteiger partial charge on any atom is 0.233 e. The summed E-state index contributed by atoms with van der Waals surface area (Å²) in [5.74, 6) is 0.118. The molecule has 4 heteroatoms. The van der Waals surface area contributed by atoms with Crippen molar-refractivity contribution in [2.75, 3.05) is 0 Å². The standard InChI is InChI=1S/C16H23NO2S/c1-5-6-11(2)17-16(19)13(4)20-15-9-7-14(8-10-15)12(3)18/h7-11,13H,5-6H2,1-4H3,(H,17,19). The third-order valence-corrected chi connectivity index (χ3v) is 4.17. The normalized spacial score (nSPS) is 13.6. The van der Waals surface area contributed by atoms with Gasteiger partial charge in [0.25, 0.3) is 0 Å². The first-order valence-corrected chi connectivity index (χ1v) is 7.90. The monoisotopic (exact) mass is 293 g/mol. The van der Waals surface area contributed by atoms with Crippen LogP contribution in [0.4, 0.5) is 0 Å². The van der Waals surface area contributed by atoms with E-state index in [1.807, 2.05) is 26.0 Å². The Balaban J connectivity index is 2.54. The molecule has 0 aromatic heterocycles. The topological polar surface area (TPSA) is 46.2 Å². The Kier molecular flexibility index (Phi) is 6.79. The van der Waals surface area contributed by atoms with E-state index in [1.165, 1.54) is 11.8 Å². The number of nitrogens with one attached hydrogen (secondary N) is 1. The van der Waals surface area contributed by atoms with Gasteiger partial charge in [-0.3, -0.25) is 9.59 Å². The summed E-state index contributed by atoms with van der Waals surface area (Å²) < 4.78 is 0. The van der Waals surface area contributed by atoms with Gasteiger partial charge in [-0.15, -0.1) is 11.8 Å². The largest absolute Gasteiger partial charge is 0.353 e. The quantitative estimate of drug-likeness (QED) is 0.616. The molecule has 1 aromatic rings. The highest BCUT2D eigenvalue weighted by Crippen LogP contribution is 2.23. The van der Waals surface area contributed by atoms with Gasteiger partial charge in [0.2, 0.25) is 5.91 Å². The van der Waals surface area contributed by atoms with Gasteiger partial charge in [-0.05, 0) is 39.3 Å². The van der Waals surface area contributed by atoms with Gasteiger partial charge in [-0.2, -0.15) is 0 Å². The minimum atomic E-state index is -0.141. The first kappa shape index (κ1) is 16.8. The molecule has 0 saturated carbocycles. The van der Waals surface area contributed by atoms with Crippen LogP contribution in [-0.4, -0.2) is 23.0 Å². The fraction of sp³-hybridized carbons (Fsp3) is 0.500. The molecule has 2 atom stereocenters. The van der Waals surface area contributed by atoms with E-state index in [-0.39, 0.29) is 23.0 Å². The van der Waals surface area contributed by atoms with Gasteiger partial charge in [0.05, 0.1) is 5.25 Å². The Morgan fingerprint density at radius 3 is 2.30 bits per heavy atom. The number of benzene rings is 1. The molecular formula is C16H23NO2S. The predicted octanol–water partition coefficient (Wildman–Crippen LogP) is 3.67. The first-order valence-electron chi connectivity index (χ1n) is 7.02. The predicted molar refractivity (Wildman–Crippen MR) is 84.3 cm³/mol. The van der Waals surface area contributed by atoms with Crippen molar-refractivity contribution in [2.24, 2.45) is 0 Å². The molecule has 2 unspecified atom stereocenters. The number of thioether (sulfide) groups is 1. The number of carbonyl (C=O) groups is 2. The number of rotatable bonds is 7. The molecular weight excluding hydrogens is 270 g/mol. The number of hydrogen-bond donors (Lipinski definition) is 1. The van der Waals surface area contributed by atoms with Crippen molar-refractivity contribution in [1.82, 2.24) is 5.32 Å². The Labute approximate surface area is 125 Å². The maximum absolute atomic E-state index is 12.0. The summed E-state index contributed by atoms with van der Waals surface area (Å²) in [5, 5.41) is 2.88. The molecule has 1 rings (SSSR count). The molecule has 1 N–H and O–H groups in total. The lowest BCUT2D eigenvalue weighted by atomic mass is 10.2. The van der Waals surface area contributed by atoms with Crippen LogP contribution in [0.15, 0.2) is 29.2 Å². The zero-order valence-electron chi connectivity index (χ0n) is 12.6. The zero-order valence-corrected chi connectivity index (χ0v) is 13.4. The average Bonchev–Trinajstić information content (AvgIpc) is 2.39. The number of Topliss-reactive ketones (excluding diaryl/α,β-unsaturated/α-hetero) is 1. The van der Waals surface area contributed by atoms with Crippen molar-refractivity contribution in [2.45, 2.75) is 56.7 Å². The van der Waals surface area contributed by atoms with E-state index < -0.39 is 0 Å². The van der Waals surface area contributed by atoms with E-state index >= 15 is 0 Å². The van der Waals surface area contributed by atoms with Crippen LogP contribution in [-0.2, 0) is 4.79 Å². The third-order valence-electron chi connectivity index (χ3n) is 3.05. The van der Waals surface area contributed by atoms with Crippen molar-refractivity contribution in [1.29, 1.82) is 0 Å². The molecule has 3 nitrogen and oxygen atoms in total. The van der Waals surface area contributed by atoms with E-state index in [0.717, 1.165) is 17.7 Å². The van der Waals surface area contributed by atoms with Crippen LogP contribution >= 0.6 is 11.8 Å². The van der Waals surface area contributed by atoms with Crippen molar-refractivity contribution in [3.05, 3.63) is 29.8 Å². The van der Waals surface area contributed by atoms with Crippen LogP contribution in [0.2, 0.25) is 0 Å². The summed E-state index contributed by atoms with van der Waals surface area (Å²) in [6, 6.07) is 7.60. The molecule has 1 amide bonds. The summed E-state index contributed by atoms with van der Waals surface area (Å²) in [7, 11) is 0. The zero-order chi connectivity index (χ0) is 15.1. The van der Waals surface area contributed by atoms with Gasteiger partial charge in [0.1, 0.15) is 0 Å². The molecule has 0 bridgehead atoms. The molecule has 0 fully saturated rings. The van der Waals surface area contributed by atoms with E-state index in [2.05, 4.69) is 12.2 Å². The van der Waals surface area contributed by atoms with E-state index in [0.29, 0.717) is 5.56 Å². The highest BCUT2D eigenvalue weighted by molar-refractivity contribution is 8.00. The smallest absolute Gasteiger partial charge is 0.233 e. The van der Waals surface area contributed by atoms with Crippen LogP contribution in [0.25, 0.3) is 0 Å². The molecule has 110 valence electrons. The molecule has 20 heavy (non-hydrogen) atoms. The second-order valence-corrected chi connectivity index (χ2v) is 6.45. The fourth-order valence-corrected chi connectivity index (χ4v) is 2.77. The van der Waals surface area contributed by atoms with Crippen LogP contribution in [0.5, 0.6) is 0 Å². The average molecular weight is 293 g/mol. The maximum atomic E-state index is 12.0. The van der Waals surface area contributed by atoms with Gasteiger partial charge in [-0.25, -0.2) is 0 Å². The van der Waals surface area contributed by atoms with E-state index in [1.54, 1.807) is 19.1 Å². The lowest BCUT2D eigenvalue weighted by Crippen LogP contribution is -2.37. The molecule has 0 radical (unpaired) electrons. The summed E-state index contributed by atoms with van der Waals surface area (Å²) in [4.78, 5) is 24.2. The second kappa shape index (κ2) is 8.10. The lowest BCUT2D eigenvalue weighted by Gasteiger charge is -2.16. The highest BCUT2D eigenvalue weighted by atomic mass is 32.2. The lowest BCUT2D eigenvalue weighted by molar-refractivity contribution is -0.120. The van der Waals surface area contributed by atoms with E-state index in [9.17, 15) is 9.59 Å². The summed E-state index contributed by atoms with van der Waals surface area (Å²) in [6.07, 6.45) is 2.06. The molecule has 0 spiro atoms. The summed E-state index contributed by atoms with van der Waals surface area (Å²) >= 11 is 1.51. The van der Waals surface area contributed by atoms with Crippen LogP contribution in [0, 0.1) is 0 Å². The number of hydrogen-bond acceptors (Lipinski definition) is 3. The van der Waals surface area contributed by atoms with Gasteiger partial charge in [-0.1, -0.05) is 25.5 Å². The minimum Gasteiger partial charge on any atom is -0.353 e. The number of ketones is 1. The summed E-state index contributed by atoms with van der Waals surface area (Å²) in [5.41, 5.74) is 0.697. The van der Waals surface area contributed by atoms with Gasteiger partial charge in [0.15, 0.2) is 5.78 Å². The first-order chi connectivity index (χ1) is 9.43. The third kappa shape index (κ3) is 5.37. The van der Waals surface area contributed by atoms with Crippen molar-refractivity contribution >= 4 is 23.5 Å². The van der Waals surface area contributed by atoms with Crippen LogP contribution in [0.1, 0.15) is 50.9 Å². The molecule has 0 aliphatic heterocycles. The van der Waals surface area contributed by atoms with E-state index in [4.69, 9.17) is 0 Å². The Morgan fingerprint density at radius 1 is 1.20 bits per heavy atom. The SMILES string of the molecule is CCCC(C)NC(=O)C(C)Sc1ccc(C(C)=O)cc1. The fourth-order valence-electron chi connectivity index (χ4n) is 1.89. The minimum absolute atomic E-state index is 0.0562. The van der Waals surface area contributed by atoms with Gasteiger partial charge < -0.3 is 5.32 Å². The van der Waals surface area contributed by atoms with Crippen molar-refractivity contribution in [3.63, 3.8) is 0 Å². The van der Waals surface area contributed by atoms with Gasteiger partial charge >= 0.3 is 0 Å². The van der Waals surface area contributed by atoms with Crippen LogP contribution < -0.4 is 5.32 Å². The number of amides is 1.